The van der Waals surface area contributed by atoms with Gasteiger partial charge in [-0.05, 0) is 35.7 Å². The molecule has 0 saturated carbocycles. The molecule has 0 fully saturated rings. The van der Waals surface area contributed by atoms with Gasteiger partial charge in [-0.2, -0.15) is 4.72 Å². The van der Waals surface area contributed by atoms with Gasteiger partial charge in [-0.15, -0.1) is 0 Å². The highest BCUT2D eigenvalue weighted by Gasteiger charge is 2.29. The lowest BCUT2D eigenvalue weighted by Crippen LogP contribution is -2.49. The smallest absolute Gasteiger partial charge is 0.241 e. The highest BCUT2D eigenvalue weighted by molar-refractivity contribution is 7.89. The Labute approximate surface area is 170 Å². The average molecular weight is 420 g/mol. The van der Waals surface area contributed by atoms with Crippen LogP contribution in [0.4, 0.5) is 0 Å². The monoisotopic (exact) mass is 419 g/mol. The summed E-state index contributed by atoms with van der Waals surface area (Å²) in [5.41, 5.74) is 0.876. The third-order valence-corrected chi connectivity index (χ3v) is 5.92. The van der Waals surface area contributed by atoms with Crippen LogP contribution in [0.1, 0.15) is 25.8 Å². The van der Waals surface area contributed by atoms with Gasteiger partial charge in [0.2, 0.25) is 15.9 Å². The molecule has 1 aromatic carbocycles. The van der Waals surface area contributed by atoms with E-state index in [1.807, 2.05) is 0 Å². The molecule has 1 amide bonds. The van der Waals surface area contributed by atoms with Crippen LogP contribution in [0.25, 0.3) is 0 Å². The number of hydrogen-bond acceptors (Lipinski definition) is 6. The van der Waals surface area contributed by atoms with E-state index in [-0.39, 0.29) is 17.4 Å². The van der Waals surface area contributed by atoms with Crippen molar-refractivity contribution in [3.63, 3.8) is 0 Å². The Morgan fingerprint density at radius 1 is 1.10 bits per heavy atom. The number of carbonyl (C=O) groups is 1. The van der Waals surface area contributed by atoms with E-state index in [1.165, 1.54) is 12.1 Å². The Morgan fingerprint density at radius 2 is 1.79 bits per heavy atom. The van der Waals surface area contributed by atoms with Crippen molar-refractivity contribution in [2.75, 3.05) is 13.2 Å². The van der Waals surface area contributed by atoms with E-state index in [2.05, 4.69) is 15.0 Å². The van der Waals surface area contributed by atoms with Gasteiger partial charge in [0.1, 0.15) is 6.04 Å². The van der Waals surface area contributed by atoms with Crippen molar-refractivity contribution in [1.29, 1.82) is 0 Å². The Bertz CT molecular complexity index is 948. The largest absolute Gasteiger partial charge is 0.490 e. The standard InChI is InChI=1S/C20H25N3O5S/c1-14(2)19(20(24)22-13-15-6-8-21-9-7-15)23-29(25,26)16-4-5-17-18(12-16)28-11-3-10-27-17/h4-9,12,14,19,23H,3,10-11,13H2,1-2H3,(H,22,24). The van der Waals surface area contributed by atoms with Gasteiger partial charge in [-0.3, -0.25) is 9.78 Å². The predicted octanol–water partition coefficient (Wildman–Crippen LogP) is 1.86. The number of fused-ring (bicyclic) bond motifs is 1. The number of rotatable bonds is 7. The van der Waals surface area contributed by atoms with Gasteiger partial charge in [0.15, 0.2) is 11.5 Å². The second-order valence-electron chi connectivity index (χ2n) is 7.08. The number of nitrogens with zero attached hydrogens (tertiary/aromatic N) is 1. The second kappa shape index (κ2) is 9.23. The number of sulfonamides is 1. The second-order valence-corrected chi connectivity index (χ2v) is 8.79. The lowest BCUT2D eigenvalue weighted by molar-refractivity contribution is -0.123. The van der Waals surface area contributed by atoms with Crippen LogP contribution in [0.15, 0.2) is 47.6 Å². The third-order valence-electron chi connectivity index (χ3n) is 4.48. The topological polar surface area (TPSA) is 107 Å². The molecule has 0 aliphatic carbocycles. The van der Waals surface area contributed by atoms with Crippen LogP contribution in [0, 0.1) is 5.92 Å². The minimum Gasteiger partial charge on any atom is -0.490 e. The summed E-state index contributed by atoms with van der Waals surface area (Å²) in [7, 11) is -3.93. The van der Waals surface area contributed by atoms with Gasteiger partial charge in [0.25, 0.3) is 0 Å². The van der Waals surface area contributed by atoms with Crippen LogP contribution in [0.3, 0.4) is 0 Å². The molecule has 0 spiro atoms. The van der Waals surface area contributed by atoms with Crippen molar-refractivity contribution in [2.45, 2.75) is 37.8 Å². The van der Waals surface area contributed by atoms with Gasteiger partial charge in [-0.25, -0.2) is 8.42 Å². The Kier molecular flexibility index (Phi) is 6.71. The third kappa shape index (κ3) is 5.45. The molecular weight excluding hydrogens is 394 g/mol. The maximum atomic E-state index is 12.9. The van der Waals surface area contributed by atoms with Crippen molar-refractivity contribution in [2.24, 2.45) is 5.92 Å². The van der Waals surface area contributed by atoms with E-state index in [0.29, 0.717) is 24.7 Å². The first-order valence-electron chi connectivity index (χ1n) is 9.45. The lowest BCUT2D eigenvalue weighted by atomic mass is 10.0. The minimum atomic E-state index is -3.93. The first kappa shape index (κ1) is 21.1. The fourth-order valence-corrected chi connectivity index (χ4v) is 4.20. The number of nitrogens with one attached hydrogen (secondary N) is 2. The quantitative estimate of drug-likeness (QED) is 0.710. The normalized spacial score (nSPS) is 14.9. The summed E-state index contributed by atoms with van der Waals surface area (Å²) in [5.74, 6) is 0.253. The zero-order chi connectivity index (χ0) is 20.9. The van der Waals surface area contributed by atoms with Crippen LogP contribution in [-0.2, 0) is 21.4 Å². The predicted molar refractivity (Wildman–Crippen MR) is 107 cm³/mol. The molecule has 3 rings (SSSR count). The lowest BCUT2D eigenvalue weighted by Gasteiger charge is -2.22. The molecule has 0 saturated heterocycles. The zero-order valence-corrected chi connectivity index (χ0v) is 17.2. The maximum absolute atomic E-state index is 12.9. The molecule has 1 aromatic heterocycles. The molecular formula is C20H25N3O5S. The summed E-state index contributed by atoms with van der Waals surface area (Å²) >= 11 is 0. The molecule has 0 bridgehead atoms. The summed E-state index contributed by atoms with van der Waals surface area (Å²) in [5, 5.41) is 2.77. The SMILES string of the molecule is CC(C)C(NS(=O)(=O)c1ccc2c(c1)OCCCO2)C(=O)NCc1ccncc1. The van der Waals surface area contributed by atoms with Crippen LogP contribution in [0.5, 0.6) is 11.5 Å². The first-order valence-corrected chi connectivity index (χ1v) is 10.9. The molecule has 29 heavy (non-hydrogen) atoms. The van der Waals surface area contributed by atoms with Crippen molar-refractivity contribution in [3.05, 3.63) is 48.3 Å². The molecule has 9 heteroatoms. The van der Waals surface area contributed by atoms with Gasteiger partial charge >= 0.3 is 0 Å². The van der Waals surface area contributed by atoms with Gasteiger partial charge in [-0.1, -0.05) is 13.8 Å². The average Bonchev–Trinajstić information content (AvgIpc) is 2.95. The summed E-state index contributed by atoms with van der Waals surface area (Å²) in [6, 6.07) is 7.09. The summed E-state index contributed by atoms with van der Waals surface area (Å²) in [6.07, 6.45) is 3.99. The van der Waals surface area contributed by atoms with Crippen LogP contribution < -0.4 is 19.5 Å². The van der Waals surface area contributed by atoms with E-state index in [0.717, 1.165) is 12.0 Å². The number of hydrogen-bond donors (Lipinski definition) is 2. The molecule has 2 aromatic rings. The molecule has 2 N–H and O–H groups in total. The molecule has 1 atom stereocenters. The summed E-state index contributed by atoms with van der Waals surface area (Å²) < 4.78 is 39.4. The molecule has 1 aliphatic heterocycles. The van der Waals surface area contributed by atoms with E-state index >= 15 is 0 Å². The molecule has 0 radical (unpaired) electrons. The molecule has 156 valence electrons. The van der Waals surface area contributed by atoms with Crippen LogP contribution in [-0.4, -0.2) is 38.6 Å². The summed E-state index contributed by atoms with van der Waals surface area (Å²) in [4.78, 5) is 16.6. The highest BCUT2D eigenvalue weighted by Crippen LogP contribution is 2.32. The van der Waals surface area contributed by atoms with Crippen molar-refractivity contribution in [3.8, 4) is 11.5 Å². The van der Waals surface area contributed by atoms with E-state index in [9.17, 15) is 13.2 Å². The van der Waals surface area contributed by atoms with E-state index in [1.54, 1.807) is 44.4 Å². The summed E-state index contributed by atoms with van der Waals surface area (Å²) in [6.45, 7) is 4.83. The fraction of sp³-hybridized carbons (Fsp3) is 0.400. The van der Waals surface area contributed by atoms with Gasteiger partial charge in [0.05, 0.1) is 18.1 Å². The Balaban J connectivity index is 1.73. The fourth-order valence-electron chi connectivity index (χ4n) is 2.84. The molecule has 2 heterocycles. The van der Waals surface area contributed by atoms with Crippen LogP contribution >= 0.6 is 0 Å². The van der Waals surface area contributed by atoms with Crippen molar-refractivity contribution < 1.29 is 22.7 Å². The highest BCUT2D eigenvalue weighted by atomic mass is 32.2. The van der Waals surface area contributed by atoms with E-state index < -0.39 is 22.0 Å². The van der Waals surface area contributed by atoms with E-state index in [4.69, 9.17) is 9.47 Å². The molecule has 1 unspecified atom stereocenters. The minimum absolute atomic E-state index is 0.0225. The Hall–Kier alpha value is -2.65. The number of carbonyl (C=O) groups excluding carboxylic acids is 1. The number of aromatic nitrogens is 1. The number of amides is 1. The van der Waals surface area contributed by atoms with Crippen molar-refractivity contribution >= 4 is 15.9 Å². The zero-order valence-electron chi connectivity index (χ0n) is 16.4. The van der Waals surface area contributed by atoms with Crippen LogP contribution in [0.2, 0.25) is 0 Å². The maximum Gasteiger partial charge on any atom is 0.241 e. The Morgan fingerprint density at radius 3 is 2.48 bits per heavy atom. The number of ether oxygens (including phenoxy) is 2. The van der Waals surface area contributed by atoms with Crippen molar-refractivity contribution in [1.82, 2.24) is 15.0 Å². The number of benzene rings is 1. The first-order chi connectivity index (χ1) is 13.9. The number of pyridine rings is 1. The van der Waals surface area contributed by atoms with Gasteiger partial charge in [0, 0.05) is 31.4 Å². The molecule has 1 aliphatic rings. The van der Waals surface area contributed by atoms with Gasteiger partial charge < -0.3 is 14.8 Å². The molecule has 8 nitrogen and oxygen atoms in total.